The number of fused-ring (bicyclic) bond motifs is 1. The number of piperidine rings is 1. The van der Waals surface area contributed by atoms with Crippen molar-refractivity contribution in [2.24, 2.45) is 0 Å². The highest BCUT2D eigenvalue weighted by molar-refractivity contribution is 6.29. The van der Waals surface area contributed by atoms with E-state index < -0.39 is 6.23 Å². The average molecular weight is 483 g/mol. The van der Waals surface area contributed by atoms with Crippen LogP contribution in [-0.2, 0) is 9.47 Å². The molecule has 2 aliphatic rings. The van der Waals surface area contributed by atoms with Gasteiger partial charge in [-0.15, -0.1) is 0 Å². The van der Waals surface area contributed by atoms with Gasteiger partial charge >= 0.3 is 0 Å². The summed E-state index contributed by atoms with van der Waals surface area (Å²) in [5.74, 6) is -0.138. The molecule has 7 nitrogen and oxygen atoms in total. The van der Waals surface area contributed by atoms with Crippen LogP contribution in [-0.4, -0.2) is 70.4 Å². The Morgan fingerprint density at radius 2 is 1.97 bits per heavy atom. The number of para-hydroxylation sites is 1. The number of aromatic amines is 1. The van der Waals surface area contributed by atoms with Gasteiger partial charge in [0.15, 0.2) is 6.23 Å². The fourth-order valence-electron chi connectivity index (χ4n) is 4.97. The number of pyridine rings is 1. The van der Waals surface area contributed by atoms with Gasteiger partial charge in [-0.05, 0) is 56.3 Å². The molecule has 1 aromatic carbocycles. The lowest BCUT2D eigenvalue weighted by molar-refractivity contribution is -0.176. The number of amides is 1. The third-order valence-corrected chi connectivity index (χ3v) is 7.06. The number of carbonyl (C=O) groups is 1. The first-order chi connectivity index (χ1) is 16.5. The van der Waals surface area contributed by atoms with E-state index in [1.807, 2.05) is 23.1 Å². The van der Waals surface area contributed by atoms with Crippen LogP contribution in [0.4, 0.5) is 0 Å². The Balaban J connectivity index is 1.44. The first-order valence-corrected chi connectivity index (χ1v) is 12.4. The van der Waals surface area contributed by atoms with Gasteiger partial charge in [-0.2, -0.15) is 0 Å². The van der Waals surface area contributed by atoms with Gasteiger partial charge in [0.2, 0.25) is 0 Å². The first kappa shape index (κ1) is 23.3. The lowest BCUT2D eigenvalue weighted by Gasteiger charge is -2.44. The van der Waals surface area contributed by atoms with Crippen LogP contribution >= 0.6 is 11.6 Å². The zero-order valence-electron chi connectivity index (χ0n) is 19.6. The summed E-state index contributed by atoms with van der Waals surface area (Å²) in [6, 6.07) is 13.7. The Kier molecular flexibility index (Phi) is 6.88. The van der Waals surface area contributed by atoms with Crippen LogP contribution in [0.2, 0.25) is 5.15 Å². The molecule has 0 spiro atoms. The number of nitrogens with zero attached hydrogens (tertiary/aromatic N) is 3. The summed E-state index contributed by atoms with van der Waals surface area (Å²) in [6.45, 7) is 7.17. The van der Waals surface area contributed by atoms with Crippen molar-refractivity contribution in [3.05, 3.63) is 65.1 Å². The van der Waals surface area contributed by atoms with Crippen LogP contribution in [0.5, 0.6) is 0 Å². The summed E-state index contributed by atoms with van der Waals surface area (Å²) in [4.78, 5) is 25.6. The summed E-state index contributed by atoms with van der Waals surface area (Å²) in [5.41, 5.74) is 2.45. The van der Waals surface area contributed by atoms with Gasteiger partial charge in [0.25, 0.3) is 5.91 Å². The van der Waals surface area contributed by atoms with Gasteiger partial charge in [0.05, 0.1) is 25.4 Å². The van der Waals surface area contributed by atoms with Crippen molar-refractivity contribution >= 4 is 28.4 Å². The number of hydrogen-bond donors (Lipinski definition) is 1. The number of morpholine rings is 1. The van der Waals surface area contributed by atoms with E-state index in [1.165, 1.54) is 0 Å². The van der Waals surface area contributed by atoms with Gasteiger partial charge in [-0.3, -0.25) is 9.69 Å². The maximum atomic E-state index is 13.8. The standard InChI is InChI=1S/C26H31ClN4O3/c1-17(2)30-11-8-20(9-12-30)34-25-16-33-15-23(22-13-18-5-3-4-6-21(18)29-22)31(25)26(32)19-7-10-28-24(27)14-19/h3-7,10,13-14,17,20,23,25,29H,8-9,11-12,15-16H2,1-2H3. The van der Waals surface area contributed by atoms with Crippen LogP contribution < -0.4 is 0 Å². The van der Waals surface area contributed by atoms with E-state index in [0.29, 0.717) is 30.0 Å². The van der Waals surface area contributed by atoms with Crippen molar-refractivity contribution in [2.45, 2.75) is 51.1 Å². The number of rotatable bonds is 5. The molecule has 180 valence electrons. The monoisotopic (exact) mass is 482 g/mol. The van der Waals surface area contributed by atoms with Crippen LogP contribution in [0.15, 0.2) is 48.7 Å². The zero-order chi connectivity index (χ0) is 23.7. The molecule has 34 heavy (non-hydrogen) atoms. The molecule has 0 radical (unpaired) electrons. The van der Waals surface area contributed by atoms with Gasteiger partial charge in [-0.1, -0.05) is 29.8 Å². The number of halogens is 1. The van der Waals surface area contributed by atoms with E-state index in [2.05, 4.69) is 40.8 Å². The highest BCUT2D eigenvalue weighted by atomic mass is 35.5. The second kappa shape index (κ2) is 10.0. The van der Waals surface area contributed by atoms with Crippen LogP contribution in [0, 0.1) is 0 Å². The third kappa shape index (κ3) is 4.84. The quantitative estimate of drug-likeness (QED) is 0.536. The third-order valence-electron chi connectivity index (χ3n) is 6.86. The van der Waals surface area contributed by atoms with Gasteiger partial charge in [0, 0.05) is 42.1 Å². The molecule has 2 aliphatic heterocycles. The maximum absolute atomic E-state index is 13.8. The number of carbonyl (C=O) groups excluding carboxylic acids is 1. The largest absolute Gasteiger partial charge is 0.374 e. The topological polar surface area (TPSA) is 70.7 Å². The second-order valence-corrected chi connectivity index (χ2v) is 9.75. The molecule has 5 rings (SSSR count). The highest BCUT2D eigenvalue weighted by Crippen LogP contribution is 2.33. The molecule has 1 N–H and O–H groups in total. The predicted octanol–water partition coefficient (Wildman–Crippen LogP) is 4.65. The van der Waals surface area contributed by atoms with Crippen LogP contribution in [0.3, 0.4) is 0 Å². The minimum atomic E-state index is -0.486. The SMILES string of the molecule is CC(C)N1CCC(OC2COCC(c3cc4ccccc4[nH]3)N2C(=O)c2ccnc(Cl)c2)CC1. The van der Waals surface area contributed by atoms with Crippen molar-refractivity contribution < 1.29 is 14.3 Å². The van der Waals surface area contributed by atoms with Gasteiger partial charge in [-0.25, -0.2) is 4.98 Å². The summed E-state index contributed by atoms with van der Waals surface area (Å²) in [5, 5.41) is 1.39. The summed E-state index contributed by atoms with van der Waals surface area (Å²) in [6.07, 6.45) is 3.04. The smallest absolute Gasteiger partial charge is 0.256 e. The fraction of sp³-hybridized carbons (Fsp3) is 0.462. The number of hydrogen-bond acceptors (Lipinski definition) is 5. The Morgan fingerprint density at radius 1 is 1.18 bits per heavy atom. The lowest BCUT2D eigenvalue weighted by Crippen LogP contribution is -2.54. The number of aromatic nitrogens is 2. The first-order valence-electron chi connectivity index (χ1n) is 12.0. The number of nitrogens with one attached hydrogen (secondary N) is 1. The Labute approximate surface area is 205 Å². The molecule has 2 saturated heterocycles. The molecule has 0 aliphatic carbocycles. The molecule has 2 unspecified atom stereocenters. The molecule has 8 heteroatoms. The molecule has 1 amide bonds. The molecule has 2 atom stereocenters. The van der Waals surface area contributed by atoms with Gasteiger partial charge in [0.1, 0.15) is 5.15 Å². The van der Waals surface area contributed by atoms with Gasteiger partial charge < -0.3 is 19.4 Å². The van der Waals surface area contributed by atoms with Crippen molar-refractivity contribution in [1.82, 2.24) is 19.8 Å². The molecule has 2 fully saturated rings. The second-order valence-electron chi connectivity index (χ2n) is 9.36. The predicted molar refractivity (Wildman–Crippen MR) is 132 cm³/mol. The van der Waals surface area contributed by atoms with Crippen molar-refractivity contribution in [2.75, 3.05) is 26.3 Å². The van der Waals surface area contributed by atoms with E-state index in [1.54, 1.807) is 18.3 Å². The van der Waals surface area contributed by atoms with Crippen molar-refractivity contribution in [3.8, 4) is 0 Å². The summed E-state index contributed by atoms with van der Waals surface area (Å²) >= 11 is 6.12. The summed E-state index contributed by atoms with van der Waals surface area (Å²) < 4.78 is 12.6. The molecule has 0 saturated carbocycles. The van der Waals surface area contributed by atoms with E-state index in [0.717, 1.165) is 42.5 Å². The summed E-state index contributed by atoms with van der Waals surface area (Å²) in [7, 11) is 0. The van der Waals surface area contributed by atoms with Crippen molar-refractivity contribution in [1.29, 1.82) is 0 Å². The maximum Gasteiger partial charge on any atom is 0.256 e. The number of benzene rings is 1. The normalized spacial score (nSPS) is 22.5. The average Bonchev–Trinajstić information content (AvgIpc) is 3.28. The number of likely N-dealkylation sites (tertiary alicyclic amines) is 1. The molecule has 3 aromatic rings. The van der Waals surface area contributed by atoms with E-state index in [9.17, 15) is 4.79 Å². The zero-order valence-corrected chi connectivity index (χ0v) is 20.4. The minimum Gasteiger partial charge on any atom is -0.374 e. The van der Waals surface area contributed by atoms with Crippen molar-refractivity contribution in [3.63, 3.8) is 0 Å². The number of H-pyrrole nitrogens is 1. The van der Waals surface area contributed by atoms with Crippen LogP contribution in [0.25, 0.3) is 10.9 Å². The minimum absolute atomic E-state index is 0.0846. The molecule has 4 heterocycles. The lowest BCUT2D eigenvalue weighted by atomic mass is 10.1. The van der Waals surface area contributed by atoms with E-state index in [-0.39, 0.29) is 18.1 Å². The fourth-order valence-corrected chi connectivity index (χ4v) is 5.14. The van der Waals surface area contributed by atoms with Crippen LogP contribution in [0.1, 0.15) is 48.8 Å². The Hall–Kier alpha value is -2.45. The molecular weight excluding hydrogens is 452 g/mol. The Bertz CT molecular complexity index is 1110. The number of ether oxygens (including phenoxy) is 2. The molecule has 2 aromatic heterocycles. The Morgan fingerprint density at radius 3 is 2.71 bits per heavy atom. The van der Waals surface area contributed by atoms with E-state index in [4.69, 9.17) is 21.1 Å². The van der Waals surface area contributed by atoms with E-state index >= 15 is 0 Å². The highest BCUT2D eigenvalue weighted by Gasteiger charge is 2.39. The molecular formula is C26H31ClN4O3. The molecule has 0 bridgehead atoms.